The van der Waals surface area contributed by atoms with Crippen LogP contribution < -0.4 is 9.64 Å². The van der Waals surface area contributed by atoms with Crippen molar-refractivity contribution in [2.45, 2.75) is 24.6 Å². The van der Waals surface area contributed by atoms with E-state index in [4.69, 9.17) is 4.74 Å². The second-order valence-corrected chi connectivity index (χ2v) is 10.7. The number of nitrogens with zero attached hydrogens (tertiary/aromatic N) is 2. The second kappa shape index (κ2) is 7.84. The number of methoxy groups -OCH3 is 1. The lowest BCUT2D eigenvalue weighted by Gasteiger charge is -2.26. The molecular weight excluding hydrogens is 408 g/mol. The van der Waals surface area contributed by atoms with Crippen molar-refractivity contribution in [1.29, 1.82) is 0 Å². The van der Waals surface area contributed by atoms with Gasteiger partial charge in [-0.05, 0) is 24.6 Å². The van der Waals surface area contributed by atoms with E-state index in [2.05, 4.69) is 4.99 Å². The number of carbonyl (C=O) groups excluding carboxylic acids is 1. The van der Waals surface area contributed by atoms with E-state index in [1.807, 2.05) is 60.4 Å². The Labute approximate surface area is 174 Å². The van der Waals surface area contributed by atoms with Crippen LogP contribution in [0.25, 0.3) is 0 Å². The fourth-order valence-corrected chi connectivity index (χ4v) is 7.63. The monoisotopic (exact) mass is 430 g/mol. The first kappa shape index (κ1) is 20.0. The van der Waals surface area contributed by atoms with E-state index in [9.17, 15) is 13.2 Å². The molecule has 4 rings (SSSR count). The molecule has 6 nitrogen and oxygen atoms in total. The van der Waals surface area contributed by atoms with Gasteiger partial charge in [0.1, 0.15) is 5.75 Å². The lowest BCUT2D eigenvalue weighted by molar-refractivity contribution is -0.117. The van der Waals surface area contributed by atoms with Gasteiger partial charge in [0.15, 0.2) is 15.0 Å². The normalized spacial score (nSPS) is 23.9. The zero-order chi connectivity index (χ0) is 20.6. The average molecular weight is 431 g/mol. The Balaban J connectivity index is 1.66. The third-order valence-corrected chi connectivity index (χ3v) is 8.32. The lowest BCUT2D eigenvalue weighted by Crippen LogP contribution is -2.38. The highest BCUT2D eigenvalue weighted by molar-refractivity contribution is 8.16. The van der Waals surface area contributed by atoms with Gasteiger partial charge >= 0.3 is 0 Å². The minimum Gasteiger partial charge on any atom is -0.495 e. The molecule has 29 heavy (non-hydrogen) atoms. The largest absolute Gasteiger partial charge is 0.495 e. The van der Waals surface area contributed by atoms with Crippen molar-refractivity contribution < 1.29 is 17.9 Å². The maximum absolute atomic E-state index is 12.7. The summed E-state index contributed by atoms with van der Waals surface area (Å²) in [5.41, 5.74) is 2.77. The number of anilines is 1. The Bertz CT molecular complexity index is 1060. The van der Waals surface area contributed by atoms with Crippen LogP contribution in [0.15, 0.2) is 53.5 Å². The summed E-state index contributed by atoms with van der Waals surface area (Å²) in [5.74, 6) is 0.517. The van der Waals surface area contributed by atoms with Gasteiger partial charge in [-0.2, -0.15) is 4.99 Å². The van der Waals surface area contributed by atoms with E-state index < -0.39 is 9.84 Å². The fourth-order valence-electron chi connectivity index (χ4n) is 3.70. The highest BCUT2D eigenvalue weighted by Crippen LogP contribution is 2.43. The Hall–Kier alpha value is -2.32. The molecule has 2 heterocycles. The summed E-state index contributed by atoms with van der Waals surface area (Å²) < 4.78 is 29.9. The quantitative estimate of drug-likeness (QED) is 0.743. The topological polar surface area (TPSA) is 76.0 Å². The van der Waals surface area contributed by atoms with Crippen molar-refractivity contribution in [2.75, 3.05) is 23.5 Å². The van der Waals surface area contributed by atoms with E-state index in [1.54, 1.807) is 7.11 Å². The summed E-state index contributed by atoms with van der Waals surface area (Å²) in [6.07, 6.45) is 0.206. The molecule has 0 aliphatic carbocycles. The van der Waals surface area contributed by atoms with Crippen molar-refractivity contribution in [3.8, 4) is 5.75 Å². The number of carbonyl (C=O) groups is 1. The van der Waals surface area contributed by atoms with Gasteiger partial charge in [0, 0.05) is 5.25 Å². The van der Waals surface area contributed by atoms with Crippen LogP contribution in [-0.4, -0.2) is 49.4 Å². The number of aliphatic imine (C=N–C) groups is 1. The molecular formula is C21H22N2O4S2. The number of hydrogen-bond acceptors (Lipinski definition) is 5. The van der Waals surface area contributed by atoms with E-state index in [-0.39, 0.29) is 35.1 Å². The Morgan fingerprint density at radius 3 is 2.62 bits per heavy atom. The van der Waals surface area contributed by atoms with Crippen LogP contribution in [0, 0.1) is 6.92 Å². The van der Waals surface area contributed by atoms with Gasteiger partial charge in [-0.3, -0.25) is 4.79 Å². The standard InChI is InChI=1S/C21H22N2O4S2/c1-14-7-9-15(10-8-14)11-20(24)22-21-23(16-5-3-4-6-18(16)27-2)17-12-29(25,26)13-19(17)28-21/h3-10,17,19H,11-13H2,1-2H3. The number of amidine groups is 1. The fraction of sp³-hybridized carbons (Fsp3) is 0.333. The first-order valence-corrected chi connectivity index (χ1v) is 12.0. The predicted molar refractivity (Wildman–Crippen MR) is 117 cm³/mol. The number of sulfone groups is 1. The number of thioether (sulfide) groups is 1. The van der Waals surface area contributed by atoms with Gasteiger partial charge < -0.3 is 9.64 Å². The van der Waals surface area contributed by atoms with E-state index in [1.165, 1.54) is 11.8 Å². The lowest BCUT2D eigenvalue weighted by atomic mass is 10.1. The number of aryl methyl sites for hydroxylation is 1. The average Bonchev–Trinajstić information content (AvgIpc) is 3.14. The molecule has 2 aliphatic rings. The van der Waals surface area contributed by atoms with E-state index >= 15 is 0 Å². The summed E-state index contributed by atoms with van der Waals surface area (Å²) in [6.45, 7) is 2.00. The molecule has 0 N–H and O–H groups in total. The minimum atomic E-state index is -3.11. The number of hydrogen-bond donors (Lipinski definition) is 0. The molecule has 152 valence electrons. The summed E-state index contributed by atoms with van der Waals surface area (Å²) >= 11 is 1.37. The third kappa shape index (κ3) is 4.18. The maximum Gasteiger partial charge on any atom is 0.252 e. The van der Waals surface area contributed by atoms with Crippen molar-refractivity contribution in [2.24, 2.45) is 4.99 Å². The highest BCUT2D eigenvalue weighted by atomic mass is 32.2. The molecule has 0 bridgehead atoms. The summed E-state index contributed by atoms with van der Waals surface area (Å²) in [7, 11) is -1.54. The van der Waals surface area contributed by atoms with Crippen molar-refractivity contribution >= 4 is 38.4 Å². The Morgan fingerprint density at radius 2 is 1.90 bits per heavy atom. The molecule has 0 radical (unpaired) electrons. The zero-order valence-electron chi connectivity index (χ0n) is 16.2. The number of ether oxygens (including phenoxy) is 1. The Kier molecular flexibility index (Phi) is 5.40. The molecule has 2 saturated heterocycles. The van der Waals surface area contributed by atoms with E-state index in [0.29, 0.717) is 10.9 Å². The summed E-state index contributed by atoms with van der Waals surface area (Å²) in [5, 5.41) is 0.396. The van der Waals surface area contributed by atoms with E-state index in [0.717, 1.165) is 16.8 Å². The summed E-state index contributed by atoms with van der Waals surface area (Å²) in [6, 6.07) is 14.9. The molecule has 0 spiro atoms. The van der Waals surface area contributed by atoms with Gasteiger partial charge in [0.05, 0.1) is 36.8 Å². The molecule has 2 unspecified atom stereocenters. The molecule has 0 aromatic heterocycles. The van der Waals surface area contributed by atoms with Crippen LogP contribution in [0.1, 0.15) is 11.1 Å². The smallest absolute Gasteiger partial charge is 0.252 e. The van der Waals surface area contributed by atoms with Crippen LogP contribution in [0.5, 0.6) is 5.75 Å². The van der Waals surface area contributed by atoms with Crippen LogP contribution in [0.2, 0.25) is 0 Å². The van der Waals surface area contributed by atoms with Gasteiger partial charge in [-0.1, -0.05) is 53.7 Å². The first-order valence-electron chi connectivity index (χ1n) is 9.33. The molecule has 2 aliphatic heterocycles. The molecule has 1 amide bonds. The van der Waals surface area contributed by atoms with Gasteiger partial charge in [-0.25, -0.2) is 8.42 Å². The van der Waals surface area contributed by atoms with Crippen LogP contribution >= 0.6 is 11.8 Å². The predicted octanol–water partition coefficient (Wildman–Crippen LogP) is 2.85. The number of amides is 1. The SMILES string of the molecule is COc1ccccc1N1C(=NC(=O)Cc2ccc(C)cc2)SC2CS(=O)(=O)CC21. The van der Waals surface area contributed by atoms with Crippen LogP contribution in [0.4, 0.5) is 5.69 Å². The Morgan fingerprint density at radius 1 is 1.17 bits per heavy atom. The van der Waals surface area contributed by atoms with Crippen LogP contribution in [0.3, 0.4) is 0 Å². The molecule has 8 heteroatoms. The first-order chi connectivity index (χ1) is 13.9. The van der Waals surface area contributed by atoms with Crippen LogP contribution in [-0.2, 0) is 21.1 Å². The van der Waals surface area contributed by atoms with Gasteiger partial charge in [-0.15, -0.1) is 0 Å². The molecule has 2 aromatic rings. The third-order valence-electron chi connectivity index (χ3n) is 5.11. The molecule has 2 aromatic carbocycles. The van der Waals surface area contributed by atoms with Crippen molar-refractivity contribution in [3.05, 3.63) is 59.7 Å². The highest BCUT2D eigenvalue weighted by Gasteiger charge is 2.50. The zero-order valence-corrected chi connectivity index (χ0v) is 17.9. The van der Waals surface area contributed by atoms with Crippen molar-refractivity contribution in [1.82, 2.24) is 0 Å². The number of benzene rings is 2. The molecule has 2 atom stereocenters. The second-order valence-electron chi connectivity index (χ2n) is 7.29. The number of fused-ring (bicyclic) bond motifs is 1. The summed E-state index contributed by atoms with van der Waals surface area (Å²) in [4.78, 5) is 18.9. The minimum absolute atomic E-state index is 0.0495. The maximum atomic E-state index is 12.7. The molecule has 2 fully saturated rings. The van der Waals surface area contributed by atoms with Gasteiger partial charge in [0.2, 0.25) is 0 Å². The number of rotatable bonds is 4. The number of para-hydroxylation sites is 2. The molecule has 0 saturated carbocycles. The van der Waals surface area contributed by atoms with Gasteiger partial charge in [0.25, 0.3) is 5.91 Å². The van der Waals surface area contributed by atoms with Crippen molar-refractivity contribution in [3.63, 3.8) is 0 Å².